The van der Waals surface area contributed by atoms with Crippen molar-refractivity contribution in [2.24, 2.45) is 17.3 Å². The summed E-state index contributed by atoms with van der Waals surface area (Å²) in [5.41, 5.74) is 0.439. The molecule has 0 aliphatic heterocycles. The Kier molecular flexibility index (Phi) is 4.46. The van der Waals surface area contributed by atoms with Gasteiger partial charge >= 0.3 is 0 Å². The number of alkyl halides is 1. The molecule has 0 aromatic rings. The quantitative estimate of drug-likeness (QED) is 0.570. The Morgan fingerprint density at radius 1 is 1.18 bits per heavy atom. The first kappa shape index (κ1) is 11.3. The maximum atomic E-state index is 5.76. The van der Waals surface area contributed by atoms with Crippen molar-refractivity contribution in [3.8, 4) is 0 Å². The molecule has 1 unspecified atom stereocenters. The summed E-state index contributed by atoms with van der Waals surface area (Å²) < 4.78 is 0. The summed E-state index contributed by atoms with van der Waals surface area (Å²) >= 11 is 5.76. The van der Waals surface area contributed by atoms with E-state index in [1.165, 1.54) is 6.42 Å². The predicted molar refractivity (Wildman–Crippen MR) is 53.1 cm³/mol. The summed E-state index contributed by atoms with van der Waals surface area (Å²) in [6, 6.07) is 0. The van der Waals surface area contributed by atoms with Gasteiger partial charge in [-0.2, -0.15) is 0 Å². The van der Waals surface area contributed by atoms with E-state index in [0.717, 1.165) is 11.8 Å². The van der Waals surface area contributed by atoms with Gasteiger partial charge in [-0.05, 0) is 23.7 Å². The van der Waals surface area contributed by atoms with E-state index in [2.05, 4.69) is 34.6 Å². The normalized spacial score (nSPS) is 15.5. The highest BCUT2D eigenvalue weighted by atomic mass is 35.5. The van der Waals surface area contributed by atoms with Crippen LogP contribution in [-0.2, 0) is 0 Å². The van der Waals surface area contributed by atoms with E-state index < -0.39 is 0 Å². The van der Waals surface area contributed by atoms with Crippen LogP contribution in [0.15, 0.2) is 0 Å². The van der Waals surface area contributed by atoms with Crippen LogP contribution < -0.4 is 0 Å². The lowest BCUT2D eigenvalue weighted by Crippen LogP contribution is -2.22. The molecule has 0 radical (unpaired) electrons. The van der Waals surface area contributed by atoms with Gasteiger partial charge in [-0.15, -0.1) is 11.6 Å². The number of halogens is 1. The average molecular weight is 177 g/mol. The lowest BCUT2D eigenvalue weighted by Gasteiger charge is -2.31. The molecule has 0 fully saturated rings. The van der Waals surface area contributed by atoms with E-state index in [9.17, 15) is 0 Å². The molecular formula is C10H21Cl. The molecule has 0 saturated heterocycles. The van der Waals surface area contributed by atoms with Crippen molar-refractivity contribution in [1.29, 1.82) is 0 Å². The van der Waals surface area contributed by atoms with Gasteiger partial charge in [-0.3, -0.25) is 0 Å². The van der Waals surface area contributed by atoms with Crippen molar-refractivity contribution in [3.05, 3.63) is 0 Å². The zero-order valence-electron chi connectivity index (χ0n) is 8.45. The molecule has 0 amide bonds. The predicted octanol–water partition coefficient (Wildman–Crippen LogP) is 3.93. The lowest BCUT2D eigenvalue weighted by atomic mass is 9.75. The summed E-state index contributed by atoms with van der Waals surface area (Å²) in [7, 11) is 0. The van der Waals surface area contributed by atoms with Crippen LogP contribution in [0.1, 0.15) is 41.0 Å². The summed E-state index contributed by atoms with van der Waals surface area (Å²) in [5, 5.41) is 0. The first-order valence-corrected chi connectivity index (χ1v) is 4.99. The van der Waals surface area contributed by atoms with Crippen LogP contribution >= 0.6 is 11.6 Å². The Labute approximate surface area is 76.3 Å². The van der Waals surface area contributed by atoms with Crippen LogP contribution in [0.2, 0.25) is 0 Å². The highest BCUT2D eigenvalue weighted by Gasteiger charge is 2.24. The summed E-state index contributed by atoms with van der Waals surface area (Å²) in [6.45, 7) is 11.4. The Balaban J connectivity index is 3.90. The van der Waals surface area contributed by atoms with Crippen LogP contribution in [0.4, 0.5) is 0 Å². The molecule has 0 bridgehead atoms. The van der Waals surface area contributed by atoms with Gasteiger partial charge in [0, 0.05) is 5.88 Å². The molecule has 0 spiro atoms. The van der Waals surface area contributed by atoms with Crippen molar-refractivity contribution in [3.63, 3.8) is 0 Å². The third-order valence-corrected chi connectivity index (χ3v) is 3.23. The highest BCUT2D eigenvalue weighted by Crippen LogP contribution is 2.33. The van der Waals surface area contributed by atoms with Crippen LogP contribution in [0.5, 0.6) is 0 Å². The molecule has 0 aliphatic rings. The Bertz CT molecular complexity index is 105. The zero-order chi connectivity index (χ0) is 9.07. The minimum absolute atomic E-state index is 0.439. The average Bonchev–Trinajstić information content (AvgIpc) is 1.86. The van der Waals surface area contributed by atoms with E-state index in [1.807, 2.05) is 0 Å². The van der Waals surface area contributed by atoms with E-state index in [0.29, 0.717) is 11.3 Å². The van der Waals surface area contributed by atoms with Gasteiger partial charge in [0.25, 0.3) is 0 Å². The molecule has 1 heteroatoms. The fourth-order valence-electron chi connectivity index (χ4n) is 1.19. The third-order valence-electron chi connectivity index (χ3n) is 2.70. The largest absolute Gasteiger partial charge is 0.126 e. The molecule has 0 heterocycles. The topological polar surface area (TPSA) is 0 Å². The number of rotatable bonds is 4. The van der Waals surface area contributed by atoms with Crippen LogP contribution in [0.25, 0.3) is 0 Å². The molecule has 0 aliphatic carbocycles. The maximum Gasteiger partial charge on any atom is 0.0249 e. The van der Waals surface area contributed by atoms with Gasteiger partial charge in [-0.25, -0.2) is 0 Å². The van der Waals surface area contributed by atoms with Crippen LogP contribution in [0, 0.1) is 17.3 Å². The fourth-order valence-corrected chi connectivity index (χ4v) is 1.30. The van der Waals surface area contributed by atoms with E-state index in [1.54, 1.807) is 0 Å². The fraction of sp³-hybridized carbons (Fsp3) is 1.00. The first-order chi connectivity index (χ1) is 4.90. The van der Waals surface area contributed by atoms with Gasteiger partial charge in [0.2, 0.25) is 0 Å². The third kappa shape index (κ3) is 4.00. The van der Waals surface area contributed by atoms with E-state index >= 15 is 0 Å². The molecule has 1 atom stereocenters. The minimum Gasteiger partial charge on any atom is -0.126 e. The zero-order valence-corrected chi connectivity index (χ0v) is 9.20. The molecule has 0 aromatic heterocycles. The van der Waals surface area contributed by atoms with E-state index in [4.69, 9.17) is 11.6 Å². The first-order valence-electron chi connectivity index (χ1n) is 4.46. The SMILES string of the molecule is CC(CCl)CC(C)(C)C(C)C. The highest BCUT2D eigenvalue weighted by molar-refractivity contribution is 6.18. The molecule has 0 aromatic carbocycles. The summed E-state index contributed by atoms with van der Waals surface area (Å²) in [6.07, 6.45) is 1.23. The van der Waals surface area contributed by atoms with Crippen LogP contribution in [0.3, 0.4) is 0 Å². The standard InChI is InChI=1S/C10H21Cl/c1-8(2)10(4,5)6-9(3)7-11/h8-9H,6-7H2,1-5H3. The summed E-state index contributed by atoms with van der Waals surface area (Å²) in [5.74, 6) is 2.18. The van der Waals surface area contributed by atoms with Crippen LogP contribution in [-0.4, -0.2) is 5.88 Å². The Morgan fingerprint density at radius 2 is 1.64 bits per heavy atom. The summed E-state index contributed by atoms with van der Waals surface area (Å²) in [4.78, 5) is 0. The maximum absolute atomic E-state index is 5.76. The van der Waals surface area contributed by atoms with Gasteiger partial charge in [0.05, 0.1) is 0 Å². The van der Waals surface area contributed by atoms with Gasteiger partial charge in [0.1, 0.15) is 0 Å². The van der Waals surface area contributed by atoms with Crippen molar-refractivity contribution in [2.45, 2.75) is 41.0 Å². The second kappa shape index (κ2) is 4.35. The molecule has 0 rings (SSSR count). The second-order valence-corrected chi connectivity index (χ2v) is 4.92. The number of hydrogen-bond acceptors (Lipinski definition) is 0. The minimum atomic E-state index is 0.439. The van der Waals surface area contributed by atoms with Gasteiger partial charge in [0.15, 0.2) is 0 Å². The monoisotopic (exact) mass is 176 g/mol. The smallest absolute Gasteiger partial charge is 0.0249 e. The van der Waals surface area contributed by atoms with Crippen molar-refractivity contribution < 1.29 is 0 Å². The van der Waals surface area contributed by atoms with Crippen molar-refractivity contribution in [1.82, 2.24) is 0 Å². The molecule has 0 nitrogen and oxygen atoms in total. The molecular weight excluding hydrogens is 156 g/mol. The lowest BCUT2D eigenvalue weighted by molar-refractivity contribution is 0.201. The molecule has 11 heavy (non-hydrogen) atoms. The Morgan fingerprint density at radius 3 is 1.91 bits per heavy atom. The Hall–Kier alpha value is 0.290. The van der Waals surface area contributed by atoms with Crippen molar-refractivity contribution >= 4 is 11.6 Å². The molecule has 0 N–H and O–H groups in total. The van der Waals surface area contributed by atoms with Gasteiger partial charge in [-0.1, -0.05) is 34.6 Å². The molecule has 68 valence electrons. The molecule has 0 saturated carbocycles. The van der Waals surface area contributed by atoms with Gasteiger partial charge < -0.3 is 0 Å². The van der Waals surface area contributed by atoms with E-state index in [-0.39, 0.29) is 0 Å². The number of hydrogen-bond donors (Lipinski definition) is 0. The second-order valence-electron chi connectivity index (χ2n) is 4.61. The van der Waals surface area contributed by atoms with Crippen molar-refractivity contribution in [2.75, 3.05) is 5.88 Å².